The highest BCUT2D eigenvalue weighted by atomic mass is 15.1. The van der Waals surface area contributed by atoms with E-state index in [2.05, 4.69) is 193 Å². The van der Waals surface area contributed by atoms with Crippen molar-refractivity contribution >= 4 is 27.7 Å². The Bertz CT molecular complexity index is 3530. The summed E-state index contributed by atoms with van der Waals surface area (Å²) in [5, 5.41) is 23.1. The van der Waals surface area contributed by atoms with Crippen LogP contribution in [0.2, 0.25) is 0 Å². The van der Waals surface area contributed by atoms with E-state index in [-0.39, 0.29) is 11.8 Å². The lowest BCUT2D eigenvalue weighted by Crippen LogP contribution is -2.24. The largest absolute Gasteiger partial charge is 0.314 e. The van der Waals surface area contributed by atoms with Crippen molar-refractivity contribution in [2.45, 2.75) is 18.8 Å². The number of nitrogens with zero attached hydrogens (tertiary/aromatic N) is 3. The molecule has 12 rings (SSSR count). The van der Waals surface area contributed by atoms with Crippen LogP contribution in [0.4, 0.5) is 11.4 Å². The second-order valence-electron chi connectivity index (χ2n) is 17.7. The Morgan fingerprint density at radius 3 is 1.60 bits per heavy atom. The standard InChI is InChI=1S/C64H43N3/c65-40-45-22-10-12-28-52(45)47-36-48(53-29-13-11-23-46(53)41-66)39-51(38-47)67(49-25-8-3-9-26-49)50-27-16-24-44(37-50)54-34-35-59-62-55(54)32-17-33-58(62)63-60(42-18-4-1-5-19-42)56-30-14-15-31-57(56)61(64(59)63)43-20-6-2-7-21-43/h1-33,35-36,38-39,44,54H,34,37H2. The molecule has 3 aliphatic carbocycles. The van der Waals surface area contributed by atoms with Crippen LogP contribution in [-0.2, 0) is 0 Å². The van der Waals surface area contributed by atoms with E-state index in [1.165, 1.54) is 72.1 Å². The Morgan fingerprint density at radius 1 is 0.448 bits per heavy atom. The van der Waals surface area contributed by atoms with Crippen molar-refractivity contribution in [3.05, 3.63) is 258 Å². The Morgan fingerprint density at radius 2 is 0.985 bits per heavy atom. The van der Waals surface area contributed by atoms with Crippen molar-refractivity contribution in [1.29, 1.82) is 10.5 Å². The molecule has 0 saturated carbocycles. The number of hydrogen-bond acceptors (Lipinski definition) is 3. The van der Waals surface area contributed by atoms with Crippen LogP contribution in [-0.4, -0.2) is 0 Å². The number of anilines is 2. The lowest BCUT2D eigenvalue weighted by molar-refractivity contribution is 0.495. The van der Waals surface area contributed by atoms with Gasteiger partial charge >= 0.3 is 0 Å². The van der Waals surface area contributed by atoms with Gasteiger partial charge in [-0.2, -0.15) is 10.5 Å². The predicted octanol–water partition coefficient (Wildman–Crippen LogP) is 16.4. The first-order valence-electron chi connectivity index (χ1n) is 23.1. The summed E-state index contributed by atoms with van der Waals surface area (Å²) in [5.41, 5.74) is 21.1. The summed E-state index contributed by atoms with van der Waals surface area (Å²) >= 11 is 0. The van der Waals surface area contributed by atoms with E-state index in [0.717, 1.165) is 46.5 Å². The monoisotopic (exact) mass is 853 g/mol. The predicted molar refractivity (Wildman–Crippen MR) is 275 cm³/mol. The third-order valence-corrected chi connectivity index (χ3v) is 14.0. The van der Waals surface area contributed by atoms with Crippen LogP contribution >= 0.6 is 0 Å². The molecule has 2 unspecified atom stereocenters. The van der Waals surface area contributed by atoms with E-state index in [1.807, 2.05) is 48.5 Å². The van der Waals surface area contributed by atoms with Crippen molar-refractivity contribution in [3.63, 3.8) is 0 Å². The fourth-order valence-corrected chi connectivity index (χ4v) is 11.2. The van der Waals surface area contributed by atoms with Gasteiger partial charge in [-0.15, -0.1) is 0 Å². The van der Waals surface area contributed by atoms with E-state index in [9.17, 15) is 10.5 Å². The van der Waals surface area contributed by atoms with Crippen LogP contribution < -0.4 is 4.90 Å². The first-order valence-corrected chi connectivity index (χ1v) is 23.1. The minimum absolute atomic E-state index is 0.210. The van der Waals surface area contributed by atoms with E-state index < -0.39 is 0 Å². The normalized spacial score (nSPS) is 15.4. The van der Waals surface area contributed by atoms with Crippen LogP contribution in [0.15, 0.2) is 230 Å². The maximum atomic E-state index is 10.3. The highest BCUT2D eigenvalue weighted by molar-refractivity contribution is 6.21. The molecule has 0 amide bonds. The number of rotatable bonds is 8. The molecule has 0 fully saturated rings. The minimum atomic E-state index is 0.210. The summed E-state index contributed by atoms with van der Waals surface area (Å²) in [6.45, 7) is 0. The molecule has 0 aliphatic heterocycles. The second kappa shape index (κ2) is 16.7. The van der Waals surface area contributed by atoms with Crippen LogP contribution in [0.5, 0.6) is 0 Å². The maximum absolute atomic E-state index is 10.3. The highest BCUT2D eigenvalue weighted by Crippen LogP contribution is 2.60. The van der Waals surface area contributed by atoms with Gasteiger partial charge in [0.2, 0.25) is 0 Å². The summed E-state index contributed by atoms with van der Waals surface area (Å²) in [6, 6.07) is 75.4. The van der Waals surface area contributed by atoms with Gasteiger partial charge in [-0.25, -0.2) is 0 Å². The molecule has 9 aromatic rings. The summed E-state index contributed by atoms with van der Waals surface area (Å²) in [5.74, 6) is 0.453. The van der Waals surface area contributed by atoms with E-state index in [1.54, 1.807) is 0 Å². The highest BCUT2D eigenvalue weighted by Gasteiger charge is 2.39. The van der Waals surface area contributed by atoms with E-state index in [0.29, 0.717) is 11.1 Å². The summed E-state index contributed by atoms with van der Waals surface area (Å²) in [6.07, 6.45) is 11.2. The van der Waals surface area contributed by atoms with Gasteiger partial charge in [0, 0.05) is 17.1 Å². The van der Waals surface area contributed by atoms with Gasteiger partial charge in [-0.3, -0.25) is 0 Å². The number of allylic oxidation sites excluding steroid dienone is 5. The minimum Gasteiger partial charge on any atom is -0.314 e. The quantitative estimate of drug-likeness (QED) is 0.153. The van der Waals surface area contributed by atoms with Crippen molar-refractivity contribution in [2.24, 2.45) is 5.92 Å². The Hall–Kier alpha value is -8.76. The molecule has 0 bridgehead atoms. The molecular formula is C64H43N3. The van der Waals surface area contributed by atoms with Gasteiger partial charge in [-0.05, 0) is 162 Å². The number of hydrogen-bond donors (Lipinski definition) is 0. The molecule has 2 atom stereocenters. The van der Waals surface area contributed by atoms with Crippen molar-refractivity contribution in [3.8, 4) is 67.8 Å². The molecular weight excluding hydrogens is 811 g/mol. The van der Waals surface area contributed by atoms with Gasteiger partial charge in [-0.1, -0.05) is 176 Å². The van der Waals surface area contributed by atoms with Gasteiger partial charge in [0.05, 0.1) is 23.3 Å². The summed E-state index contributed by atoms with van der Waals surface area (Å²) < 4.78 is 0. The number of para-hydroxylation sites is 1. The van der Waals surface area contributed by atoms with Crippen LogP contribution in [0.3, 0.4) is 0 Å². The fourth-order valence-electron chi connectivity index (χ4n) is 11.2. The molecule has 3 heteroatoms. The number of benzene rings is 9. The van der Waals surface area contributed by atoms with Gasteiger partial charge in [0.15, 0.2) is 0 Å². The third-order valence-electron chi connectivity index (χ3n) is 14.0. The lowest BCUT2D eigenvalue weighted by atomic mass is 9.73. The smallest absolute Gasteiger partial charge is 0.0998 e. The molecule has 0 spiro atoms. The van der Waals surface area contributed by atoms with Crippen LogP contribution in [0.1, 0.15) is 46.6 Å². The molecule has 3 nitrogen and oxygen atoms in total. The Kier molecular flexibility index (Phi) is 9.90. The Balaban J connectivity index is 0.996. The van der Waals surface area contributed by atoms with Gasteiger partial charge in [0.1, 0.15) is 0 Å². The molecule has 9 aromatic carbocycles. The fraction of sp³-hybridized carbons (Fsp3) is 0.0625. The third kappa shape index (κ3) is 6.72. The summed E-state index contributed by atoms with van der Waals surface area (Å²) in [7, 11) is 0. The maximum Gasteiger partial charge on any atom is 0.0998 e. The molecule has 0 aromatic heterocycles. The van der Waals surface area contributed by atoms with Crippen LogP contribution in [0, 0.1) is 28.6 Å². The summed E-state index contributed by atoms with van der Waals surface area (Å²) in [4.78, 5) is 2.38. The van der Waals surface area contributed by atoms with Gasteiger partial charge < -0.3 is 4.90 Å². The zero-order valence-electron chi connectivity index (χ0n) is 36.8. The van der Waals surface area contributed by atoms with Crippen LogP contribution in [0.25, 0.3) is 72.0 Å². The first-order chi connectivity index (χ1) is 33.2. The van der Waals surface area contributed by atoms with E-state index >= 15 is 0 Å². The zero-order chi connectivity index (χ0) is 44.8. The van der Waals surface area contributed by atoms with E-state index in [4.69, 9.17) is 0 Å². The van der Waals surface area contributed by atoms with Crippen molar-refractivity contribution in [2.75, 3.05) is 4.90 Å². The molecule has 0 saturated heterocycles. The second-order valence-corrected chi connectivity index (χ2v) is 17.7. The Labute approximate surface area is 391 Å². The lowest BCUT2D eigenvalue weighted by Gasteiger charge is -2.36. The van der Waals surface area contributed by atoms with Gasteiger partial charge in [0.25, 0.3) is 0 Å². The number of nitriles is 2. The topological polar surface area (TPSA) is 50.8 Å². The molecule has 0 heterocycles. The van der Waals surface area contributed by atoms with Crippen molar-refractivity contribution in [1.82, 2.24) is 0 Å². The first kappa shape index (κ1) is 39.8. The molecule has 0 N–H and O–H groups in total. The average molecular weight is 854 g/mol. The SMILES string of the molecule is N#Cc1ccccc1-c1cc(-c2ccccc2C#N)cc(N(C2=CC=CC(C3CC=C4c5c(cccc53)-c3c4c(-c4ccccc4)c4ccccc4c3-c3ccccc3)C2)c2ccccc2)c1. The van der Waals surface area contributed by atoms with Crippen molar-refractivity contribution < 1.29 is 0 Å². The molecule has 3 aliphatic rings. The average Bonchev–Trinajstić information content (AvgIpc) is 3.73. The molecule has 314 valence electrons. The zero-order valence-corrected chi connectivity index (χ0v) is 36.8. The number of fused-ring (bicyclic) bond motifs is 4. The molecule has 0 radical (unpaired) electrons. The molecule has 67 heavy (non-hydrogen) atoms.